The fraction of sp³-hybridized carbons (Fsp3) is 0.921. The highest BCUT2D eigenvalue weighted by molar-refractivity contribution is 5.69. The van der Waals surface area contributed by atoms with Crippen molar-refractivity contribution < 1.29 is 44.2 Å². The van der Waals surface area contributed by atoms with Gasteiger partial charge in [-0.05, 0) is 32.1 Å². The van der Waals surface area contributed by atoms with Gasteiger partial charge in [-0.15, -0.1) is 0 Å². The summed E-state index contributed by atoms with van der Waals surface area (Å²) in [4.78, 5) is 12.7. The predicted molar refractivity (Wildman–Crippen MR) is 187 cm³/mol. The summed E-state index contributed by atoms with van der Waals surface area (Å²) in [6.07, 6.45) is 23.7. The van der Waals surface area contributed by atoms with E-state index in [2.05, 4.69) is 26.0 Å². The van der Waals surface area contributed by atoms with Crippen molar-refractivity contribution in [1.29, 1.82) is 0 Å². The fourth-order valence-corrected chi connectivity index (χ4v) is 5.82. The third kappa shape index (κ3) is 23.1. The average molecular weight is 673 g/mol. The summed E-state index contributed by atoms with van der Waals surface area (Å²) in [7, 11) is 0. The number of carbonyl (C=O) groups excluding carboxylic acids is 1. The number of carbonyl (C=O) groups is 1. The molecule has 6 unspecified atom stereocenters. The number of aliphatic hydroxyl groups excluding tert-OH is 4. The molecule has 47 heavy (non-hydrogen) atoms. The molecule has 0 spiro atoms. The van der Waals surface area contributed by atoms with E-state index in [1.54, 1.807) is 0 Å². The zero-order valence-electron chi connectivity index (χ0n) is 30.0. The highest BCUT2D eigenvalue weighted by Crippen LogP contribution is 2.22. The van der Waals surface area contributed by atoms with Crippen molar-refractivity contribution in [3.8, 4) is 0 Å². The van der Waals surface area contributed by atoms with E-state index in [0.717, 1.165) is 38.5 Å². The maximum atomic E-state index is 12.7. The molecule has 1 heterocycles. The second-order valence-electron chi connectivity index (χ2n) is 13.4. The van der Waals surface area contributed by atoms with E-state index in [1.807, 2.05) is 0 Å². The van der Waals surface area contributed by atoms with E-state index in [4.69, 9.17) is 18.9 Å². The summed E-state index contributed by atoms with van der Waals surface area (Å²) in [6, 6.07) is 0. The molecule has 0 aromatic carbocycles. The van der Waals surface area contributed by atoms with Gasteiger partial charge < -0.3 is 39.4 Å². The van der Waals surface area contributed by atoms with Crippen molar-refractivity contribution in [3.63, 3.8) is 0 Å². The highest BCUT2D eigenvalue weighted by atomic mass is 16.7. The summed E-state index contributed by atoms with van der Waals surface area (Å²) in [5, 5.41) is 39.9. The number of allylic oxidation sites excluding steroid dienone is 2. The van der Waals surface area contributed by atoms with Crippen molar-refractivity contribution in [1.82, 2.24) is 0 Å². The number of unbranched alkanes of at least 4 members (excludes halogenated alkanes) is 19. The lowest BCUT2D eigenvalue weighted by Crippen LogP contribution is -2.59. The molecule has 0 amide bonds. The Kier molecular flexibility index (Phi) is 28.9. The van der Waals surface area contributed by atoms with E-state index >= 15 is 0 Å². The molecule has 0 bridgehead atoms. The van der Waals surface area contributed by atoms with Crippen LogP contribution < -0.4 is 0 Å². The zero-order chi connectivity index (χ0) is 34.4. The first-order valence-corrected chi connectivity index (χ1v) is 19.3. The van der Waals surface area contributed by atoms with Gasteiger partial charge in [-0.1, -0.05) is 135 Å². The third-order valence-corrected chi connectivity index (χ3v) is 8.93. The van der Waals surface area contributed by atoms with Crippen LogP contribution in [-0.4, -0.2) is 89.6 Å². The van der Waals surface area contributed by atoms with Crippen LogP contribution in [0, 0.1) is 0 Å². The molecular formula is C38H72O9. The number of aliphatic hydroxyl groups is 4. The van der Waals surface area contributed by atoms with Gasteiger partial charge >= 0.3 is 5.97 Å². The minimum absolute atomic E-state index is 0.111. The first kappa shape index (κ1) is 44.0. The van der Waals surface area contributed by atoms with Crippen molar-refractivity contribution in [2.75, 3.05) is 26.4 Å². The largest absolute Gasteiger partial charge is 0.457 e. The Hall–Kier alpha value is -1.07. The number of ether oxygens (including phenoxy) is 4. The Morgan fingerprint density at radius 3 is 1.79 bits per heavy atom. The number of hydrogen-bond donors (Lipinski definition) is 4. The lowest BCUT2D eigenvalue weighted by molar-refractivity contribution is -0.305. The van der Waals surface area contributed by atoms with Crippen LogP contribution in [0.25, 0.3) is 0 Å². The smallest absolute Gasteiger partial charge is 0.306 e. The van der Waals surface area contributed by atoms with Crippen molar-refractivity contribution >= 4 is 5.97 Å². The molecule has 6 atom stereocenters. The van der Waals surface area contributed by atoms with Crippen LogP contribution in [0.2, 0.25) is 0 Å². The van der Waals surface area contributed by atoms with Crippen LogP contribution in [0.1, 0.15) is 162 Å². The summed E-state index contributed by atoms with van der Waals surface area (Å²) in [5.74, 6) is -0.316. The van der Waals surface area contributed by atoms with Gasteiger partial charge in [-0.3, -0.25) is 4.79 Å². The van der Waals surface area contributed by atoms with E-state index in [1.165, 1.54) is 103 Å². The van der Waals surface area contributed by atoms with E-state index in [-0.39, 0.29) is 19.2 Å². The molecule has 0 saturated carbocycles. The topological polar surface area (TPSA) is 135 Å². The van der Waals surface area contributed by atoms with Gasteiger partial charge in [-0.2, -0.15) is 0 Å². The van der Waals surface area contributed by atoms with Crippen LogP contribution in [0.4, 0.5) is 0 Å². The maximum absolute atomic E-state index is 12.7. The zero-order valence-corrected chi connectivity index (χ0v) is 30.0. The second kappa shape index (κ2) is 30.9. The molecule has 9 nitrogen and oxygen atoms in total. The van der Waals surface area contributed by atoms with E-state index < -0.39 is 43.4 Å². The second-order valence-corrected chi connectivity index (χ2v) is 13.4. The Morgan fingerprint density at radius 2 is 1.19 bits per heavy atom. The standard InChI is InChI=1S/C38H72O9/c1-3-5-7-9-11-13-15-17-19-21-23-25-27-34(40)46-32(31-45-38-37(43)36(42)35(41)33(29-39)47-38)30-44-28-26-24-22-20-18-16-14-12-10-8-6-4-2/h10,12,32-33,35-39,41-43H,3-9,11,13-31H2,1-2H3/b12-10-. The van der Waals surface area contributed by atoms with Gasteiger partial charge in [0.15, 0.2) is 6.29 Å². The normalized spacial score (nSPS) is 22.2. The number of esters is 1. The first-order valence-electron chi connectivity index (χ1n) is 19.3. The molecule has 9 heteroatoms. The quantitative estimate of drug-likeness (QED) is 0.0330. The predicted octanol–water partition coefficient (Wildman–Crippen LogP) is 7.30. The Labute approximate surface area is 286 Å². The van der Waals surface area contributed by atoms with E-state index in [9.17, 15) is 25.2 Å². The SMILES string of the molecule is CCCC/C=C\CCCCCCCCOCC(COC1OC(CO)C(O)C(O)C1O)OC(=O)CCCCCCCCCCCCCC. The lowest BCUT2D eigenvalue weighted by Gasteiger charge is -2.39. The van der Waals surface area contributed by atoms with Gasteiger partial charge in [-0.25, -0.2) is 0 Å². The molecule has 1 aliphatic heterocycles. The van der Waals surface area contributed by atoms with Gasteiger partial charge in [0, 0.05) is 13.0 Å². The number of hydrogen-bond acceptors (Lipinski definition) is 9. The van der Waals surface area contributed by atoms with Gasteiger partial charge in [0.25, 0.3) is 0 Å². The van der Waals surface area contributed by atoms with Crippen LogP contribution in [0.3, 0.4) is 0 Å². The molecule has 1 fully saturated rings. The molecule has 0 aliphatic carbocycles. The minimum atomic E-state index is -1.53. The number of rotatable bonds is 32. The van der Waals surface area contributed by atoms with Crippen molar-refractivity contribution in [2.45, 2.75) is 198 Å². The van der Waals surface area contributed by atoms with Crippen LogP contribution >= 0.6 is 0 Å². The third-order valence-electron chi connectivity index (χ3n) is 8.93. The van der Waals surface area contributed by atoms with Crippen LogP contribution in [0.5, 0.6) is 0 Å². The maximum Gasteiger partial charge on any atom is 0.306 e. The van der Waals surface area contributed by atoms with Gasteiger partial charge in [0.2, 0.25) is 0 Å². The molecule has 1 saturated heterocycles. The first-order chi connectivity index (χ1) is 22.9. The monoisotopic (exact) mass is 673 g/mol. The average Bonchev–Trinajstić information content (AvgIpc) is 3.07. The summed E-state index contributed by atoms with van der Waals surface area (Å²) in [6.45, 7) is 4.51. The molecule has 0 radical (unpaired) electrons. The summed E-state index contributed by atoms with van der Waals surface area (Å²) >= 11 is 0. The highest BCUT2D eigenvalue weighted by Gasteiger charge is 2.44. The molecule has 1 aliphatic rings. The van der Waals surface area contributed by atoms with Crippen molar-refractivity contribution in [2.24, 2.45) is 0 Å². The summed E-state index contributed by atoms with van der Waals surface area (Å²) < 4.78 is 22.7. The van der Waals surface area contributed by atoms with E-state index in [0.29, 0.717) is 13.0 Å². The van der Waals surface area contributed by atoms with Gasteiger partial charge in [0.1, 0.15) is 30.5 Å². The Bertz CT molecular complexity index is 732. The van der Waals surface area contributed by atoms with Crippen LogP contribution in [-0.2, 0) is 23.7 Å². The Morgan fingerprint density at radius 1 is 0.660 bits per heavy atom. The van der Waals surface area contributed by atoms with Crippen LogP contribution in [0.15, 0.2) is 12.2 Å². The lowest BCUT2D eigenvalue weighted by atomic mass is 9.99. The van der Waals surface area contributed by atoms with Gasteiger partial charge in [0.05, 0.1) is 19.8 Å². The fourth-order valence-electron chi connectivity index (χ4n) is 5.82. The minimum Gasteiger partial charge on any atom is -0.457 e. The molecule has 278 valence electrons. The van der Waals surface area contributed by atoms with Crippen molar-refractivity contribution in [3.05, 3.63) is 12.2 Å². The molecule has 0 aromatic rings. The Balaban J connectivity index is 2.33. The summed E-state index contributed by atoms with van der Waals surface area (Å²) in [5.41, 5.74) is 0. The molecule has 0 aromatic heterocycles. The molecular weight excluding hydrogens is 600 g/mol. The molecule has 4 N–H and O–H groups in total. The molecule has 1 rings (SSSR count).